The number of methoxy groups -OCH3 is 2. The zero-order valence-electron chi connectivity index (χ0n) is 20.6. The Balaban J connectivity index is 1.80. The number of esters is 1. The molecule has 1 fully saturated rings. The van der Waals surface area contributed by atoms with E-state index >= 15 is 0 Å². The van der Waals surface area contributed by atoms with Crippen LogP contribution >= 0.6 is 0 Å². The number of nitriles is 1. The van der Waals surface area contributed by atoms with Crippen LogP contribution in [-0.4, -0.2) is 43.0 Å². The van der Waals surface area contributed by atoms with Gasteiger partial charge in [0.25, 0.3) is 5.69 Å². The molecule has 4 unspecified atom stereocenters. The molecule has 1 saturated heterocycles. The van der Waals surface area contributed by atoms with Crippen molar-refractivity contribution in [1.29, 1.82) is 5.26 Å². The largest absolute Gasteiger partial charge is 0.497 e. The Morgan fingerprint density at radius 1 is 1.05 bits per heavy atom. The van der Waals surface area contributed by atoms with Crippen LogP contribution in [0.15, 0.2) is 78.9 Å². The predicted octanol–water partition coefficient (Wildman–Crippen LogP) is 4.54. The molecule has 0 radical (unpaired) electrons. The van der Waals surface area contributed by atoms with Crippen molar-refractivity contribution >= 4 is 29.2 Å². The van der Waals surface area contributed by atoms with E-state index in [9.17, 15) is 25.0 Å². The molecule has 0 spiro atoms. The van der Waals surface area contributed by atoms with Crippen LogP contribution in [0.2, 0.25) is 0 Å². The third-order valence-corrected chi connectivity index (χ3v) is 7.34. The van der Waals surface area contributed by atoms with Crippen molar-refractivity contribution in [3.05, 3.63) is 106 Å². The van der Waals surface area contributed by atoms with Gasteiger partial charge in [-0.25, -0.2) is 0 Å². The van der Waals surface area contributed by atoms with Crippen LogP contribution in [0.5, 0.6) is 5.75 Å². The summed E-state index contributed by atoms with van der Waals surface area (Å²) in [4.78, 5) is 40.6. The number of ether oxygens (including phenoxy) is 2. The number of carbonyl (C=O) groups excluding carboxylic acids is 2. The van der Waals surface area contributed by atoms with Gasteiger partial charge in [-0.3, -0.25) is 19.7 Å². The van der Waals surface area contributed by atoms with E-state index in [1.807, 2.05) is 30.3 Å². The summed E-state index contributed by atoms with van der Waals surface area (Å²) < 4.78 is 10.5. The standard InChI is InChI=1S/C29H23N3O6/c1-37-22-13-10-19(11-14-22)25-26(27(33)20-7-5-8-21(16-20)32(35)36)31-23-9-4-3-6-18(23)12-15-24(31)29(25,17-30)28(34)38-2/h3-16,24-26H,1-2H3. The first-order chi connectivity index (χ1) is 18.4. The number of nitro groups is 1. The lowest BCUT2D eigenvalue weighted by Gasteiger charge is -2.36. The molecule has 0 saturated carbocycles. The van der Waals surface area contributed by atoms with Crippen LogP contribution in [0.3, 0.4) is 0 Å². The van der Waals surface area contributed by atoms with Crippen molar-refractivity contribution in [2.24, 2.45) is 5.41 Å². The summed E-state index contributed by atoms with van der Waals surface area (Å²) in [5.74, 6) is -1.63. The third-order valence-electron chi connectivity index (χ3n) is 7.34. The van der Waals surface area contributed by atoms with Crippen molar-refractivity contribution < 1.29 is 24.0 Å². The Morgan fingerprint density at radius 2 is 1.79 bits per heavy atom. The molecular weight excluding hydrogens is 486 g/mol. The van der Waals surface area contributed by atoms with Crippen molar-refractivity contribution in [2.45, 2.75) is 18.0 Å². The van der Waals surface area contributed by atoms with Crippen LogP contribution in [-0.2, 0) is 9.53 Å². The Hall–Kier alpha value is -4.97. The molecule has 0 amide bonds. The van der Waals surface area contributed by atoms with Gasteiger partial charge >= 0.3 is 5.97 Å². The first-order valence-corrected chi connectivity index (χ1v) is 11.8. The predicted molar refractivity (Wildman–Crippen MR) is 139 cm³/mol. The molecule has 2 heterocycles. The molecule has 3 aromatic carbocycles. The number of nitro benzene ring substituents is 1. The number of rotatable bonds is 6. The Labute approximate surface area is 218 Å². The minimum Gasteiger partial charge on any atom is -0.497 e. The maximum Gasteiger partial charge on any atom is 0.329 e. The number of anilines is 1. The molecule has 2 aliphatic rings. The molecular formula is C29H23N3O6. The number of nitrogens with zero attached hydrogens (tertiary/aromatic N) is 3. The number of hydrogen-bond donors (Lipinski definition) is 0. The van der Waals surface area contributed by atoms with Crippen molar-refractivity contribution in [2.75, 3.05) is 19.1 Å². The van der Waals surface area contributed by atoms with Gasteiger partial charge in [0.15, 0.2) is 11.2 Å². The number of hydrogen-bond acceptors (Lipinski definition) is 8. The lowest BCUT2D eigenvalue weighted by molar-refractivity contribution is -0.384. The topological polar surface area (TPSA) is 123 Å². The Kier molecular flexibility index (Phi) is 6.17. The highest BCUT2D eigenvalue weighted by Crippen LogP contribution is 2.56. The fourth-order valence-corrected chi connectivity index (χ4v) is 5.66. The molecule has 0 aliphatic carbocycles. The first kappa shape index (κ1) is 24.7. The average molecular weight is 510 g/mol. The van der Waals surface area contributed by atoms with E-state index in [1.54, 1.807) is 35.2 Å². The van der Waals surface area contributed by atoms with Gasteiger partial charge in [-0.05, 0) is 29.3 Å². The number of carbonyl (C=O) groups is 2. The number of ketones is 1. The number of Topliss-reactive ketones (excluding diaryl/α,β-unsaturated/α-hetero) is 1. The highest BCUT2D eigenvalue weighted by Gasteiger charge is 2.67. The number of para-hydroxylation sites is 1. The molecule has 0 aromatic heterocycles. The van der Waals surface area contributed by atoms with Gasteiger partial charge < -0.3 is 14.4 Å². The van der Waals surface area contributed by atoms with Gasteiger partial charge in [0, 0.05) is 29.3 Å². The van der Waals surface area contributed by atoms with E-state index in [4.69, 9.17) is 9.47 Å². The quantitative estimate of drug-likeness (QED) is 0.205. The summed E-state index contributed by atoms with van der Waals surface area (Å²) in [6.45, 7) is 0. The lowest BCUT2D eigenvalue weighted by Crippen LogP contribution is -2.46. The van der Waals surface area contributed by atoms with Gasteiger partial charge in [-0.2, -0.15) is 5.26 Å². The van der Waals surface area contributed by atoms with E-state index in [0.29, 0.717) is 17.0 Å². The summed E-state index contributed by atoms with van der Waals surface area (Å²) in [5.41, 5.74) is 0.115. The molecule has 38 heavy (non-hydrogen) atoms. The molecule has 0 N–H and O–H groups in total. The maximum absolute atomic E-state index is 14.3. The monoisotopic (exact) mass is 509 g/mol. The van der Waals surface area contributed by atoms with E-state index < -0.39 is 40.1 Å². The molecule has 9 heteroatoms. The summed E-state index contributed by atoms with van der Waals surface area (Å²) in [6, 6.07) is 20.1. The molecule has 9 nitrogen and oxygen atoms in total. The van der Waals surface area contributed by atoms with Gasteiger partial charge in [-0.1, -0.05) is 54.6 Å². The van der Waals surface area contributed by atoms with E-state index in [0.717, 1.165) is 5.56 Å². The molecule has 4 atom stereocenters. The molecule has 0 bridgehead atoms. The highest BCUT2D eigenvalue weighted by molar-refractivity contribution is 6.06. The summed E-state index contributed by atoms with van der Waals surface area (Å²) in [6.07, 6.45) is 3.58. The number of fused-ring (bicyclic) bond motifs is 3. The number of benzene rings is 3. The van der Waals surface area contributed by atoms with Crippen molar-refractivity contribution in [1.82, 2.24) is 0 Å². The summed E-state index contributed by atoms with van der Waals surface area (Å²) in [5, 5.41) is 22.2. The van der Waals surface area contributed by atoms with Crippen molar-refractivity contribution in [3.63, 3.8) is 0 Å². The SMILES string of the molecule is COC(=O)C1(C#N)C(c2ccc(OC)cc2)C(C(=O)c2cccc([N+](=O)[O-])c2)N2c3ccccc3C=CC21. The van der Waals surface area contributed by atoms with E-state index in [1.165, 1.54) is 38.5 Å². The fraction of sp³-hybridized carbons (Fsp3) is 0.207. The van der Waals surface area contributed by atoms with E-state index in [-0.39, 0.29) is 11.3 Å². The van der Waals surface area contributed by atoms with Crippen molar-refractivity contribution in [3.8, 4) is 11.8 Å². The molecule has 5 rings (SSSR count). The minimum absolute atomic E-state index is 0.104. The zero-order valence-corrected chi connectivity index (χ0v) is 20.6. The second-order valence-electron chi connectivity index (χ2n) is 9.11. The molecule has 3 aromatic rings. The first-order valence-electron chi connectivity index (χ1n) is 11.8. The smallest absolute Gasteiger partial charge is 0.329 e. The van der Waals surface area contributed by atoms with Gasteiger partial charge in [-0.15, -0.1) is 0 Å². The van der Waals surface area contributed by atoms with Crippen LogP contribution in [0.1, 0.15) is 27.4 Å². The maximum atomic E-state index is 14.3. The lowest BCUT2D eigenvalue weighted by atomic mass is 9.68. The van der Waals surface area contributed by atoms with E-state index in [2.05, 4.69) is 6.07 Å². The zero-order chi connectivity index (χ0) is 27.0. The van der Waals surface area contributed by atoms with Crippen LogP contribution in [0.4, 0.5) is 11.4 Å². The summed E-state index contributed by atoms with van der Waals surface area (Å²) in [7, 11) is 2.74. The Morgan fingerprint density at radius 3 is 2.45 bits per heavy atom. The highest BCUT2D eigenvalue weighted by atomic mass is 16.6. The second kappa shape index (κ2) is 9.48. The van der Waals surface area contributed by atoms with Crippen LogP contribution < -0.4 is 9.64 Å². The van der Waals surface area contributed by atoms with Crippen LogP contribution in [0, 0.1) is 26.9 Å². The van der Waals surface area contributed by atoms with Gasteiger partial charge in [0.2, 0.25) is 0 Å². The third kappa shape index (κ3) is 3.61. The average Bonchev–Trinajstić information content (AvgIpc) is 3.28. The number of non-ortho nitro benzene ring substituents is 1. The fourth-order valence-electron chi connectivity index (χ4n) is 5.66. The second-order valence-corrected chi connectivity index (χ2v) is 9.11. The minimum atomic E-state index is -1.80. The summed E-state index contributed by atoms with van der Waals surface area (Å²) >= 11 is 0. The Bertz CT molecular complexity index is 1510. The molecule has 190 valence electrons. The van der Waals surface area contributed by atoms with Crippen LogP contribution in [0.25, 0.3) is 6.08 Å². The van der Waals surface area contributed by atoms with Gasteiger partial charge in [0.1, 0.15) is 11.8 Å². The normalized spacial score (nSPS) is 23.1. The molecule has 2 aliphatic heterocycles. The van der Waals surface area contributed by atoms with Gasteiger partial charge in [0.05, 0.1) is 31.3 Å².